The van der Waals surface area contributed by atoms with Crippen LogP contribution in [0.25, 0.3) is 65.4 Å². The van der Waals surface area contributed by atoms with E-state index < -0.39 is 0 Å². The van der Waals surface area contributed by atoms with E-state index in [4.69, 9.17) is 53.6 Å². The summed E-state index contributed by atoms with van der Waals surface area (Å²) in [6, 6.07) is 51.5. The Bertz CT molecular complexity index is 3560. The van der Waals surface area contributed by atoms with Crippen LogP contribution < -0.4 is 32.2 Å². The third-order valence-electron chi connectivity index (χ3n) is 11.8. The molecular formula is C51H27B5N4O. The van der Waals surface area contributed by atoms with E-state index in [1.54, 1.807) is 12.3 Å². The van der Waals surface area contributed by atoms with Gasteiger partial charge in [-0.05, 0) is 62.8 Å². The topological polar surface area (TPSA) is 65.0 Å². The maximum absolute atomic E-state index is 9.45. The molecule has 1 N–H and O–H groups in total. The average molecular weight is 766 g/mol. The normalized spacial score (nSPS) is 12.7. The van der Waals surface area contributed by atoms with E-state index in [0.29, 0.717) is 16.7 Å². The van der Waals surface area contributed by atoms with Crippen LogP contribution in [0, 0.1) is 5.41 Å². The van der Waals surface area contributed by atoms with Crippen LogP contribution in [0.2, 0.25) is 0 Å². The van der Waals surface area contributed by atoms with Crippen LogP contribution in [-0.4, -0.2) is 57.1 Å². The number of nitrogens with zero attached hydrogens (tertiary/aromatic N) is 3. The lowest BCUT2D eigenvalue weighted by atomic mass is 9.60. The van der Waals surface area contributed by atoms with Crippen LogP contribution in [0.3, 0.4) is 0 Å². The molecular weight excluding hydrogens is 739 g/mol. The van der Waals surface area contributed by atoms with Crippen molar-refractivity contribution in [1.29, 1.82) is 5.41 Å². The molecule has 5 nitrogen and oxygen atoms in total. The maximum atomic E-state index is 9.45. The molecule has 10 heteroatoms. The highest BCUT2D eigenvalue weighted by atomic mass is 16.3. The molecule has 1 aliphatic rings. The zero-order valence-corrected chi connectivity index (χ0v) is 32.6. The first-order valence-corrected chi connectivity index (χ1v) is 19.8. The van der Waals surface area contributed by atoms with Crippen molar-refractivity contribution in [2.75, 3.05) is 4.90 Å². The first kappa shape index (κ1) is 36.8. The number of hydrogen-bond donors (Lipinski definition) is 1. The first-order valence-electron chi connectivity index (χ1n) is 19.8. The summed E-state index contributed by atoms with van der Waals surface area (Å²) >= 11 is 0. The van der Waals surface area contributed by atoms with Crippen molar-refractivity contribution in [1.82, 2.24) is 0 Å². The number of rotatable bonds is 4. The molecule has 0 saturated heterocycles. The van der Waals surface area contributed by atoms with Gasteiger partial charge in [-0.25, -0.2) is 9.98 Å². The van der Waals surface area contributed by atoms with Gasteiger partial charge in [0, 0.05) is 39.1 Å². The molecule has 0 spiro atoms. The summed E-state index contributed by atoms with van der Waals surface area (Å²) in [7, 11) is 32.6. The third-order valence-corrected chi connectivity index (χ3v) is 11.8. The number of benzene rings is 9. The van der Waals surface area contributed by atoms with Crippen LogP contribution in [0.4, 0.5) is 17.1 Å². The molecule has 11 rings (SSSR count). The number of aliphatic imine (C=N–C) groups is 2. The number of hydrogen-bond acceptors (Lipinski definition) is 3. The average Bonchev–Trinajstić information content (AvgIpc) is 3.68. The van der Waals surface area contributed by atoms with Gasteiger partial charge in [0.05, 0.1) is 22.6 Å². The molecule has 0 saturated carbocycles. The molecule has 1 aromatic heterocycles. The molecule has 0 bridgehead atoms. The van der Waals surface area contributed by atoms with Gasteiger partial charge in [-0.3, -0.25) is 5.41 Å². The van der Waals surface area contributed by atoms with Crippen molar-refractivity contribution < 1.29 is 4.42 Å². The minimum Gasteiger partial charge on any atom is -0.455 e. The Morgan fingerprint density at radius 3 is 1.89 bits per heavy atom. The summed E-state index contributed by atoms with van der Waals surface area (Å²) in [4.78, 5) is 12.3. The molecule has 61 heavy (non-hydrogen) atoms. The van der Waals surface area contributed by atoms with Crippen molar-refractivity contribution in [3.63, 3.8) is 0 Å². The molecule has 0 amide bonds. The SMILES string of the molecule is [B]c1c([B])c([B])c(C(N=Cc2c(N3c4ccc5ccccc5c4-c4cccc5cccc3c45)ccc3ccccc23)=NC(=N)c2cccc3c2oc2ccccc23)c([B])c1[B]. The lowest BCUT2D eigenvalue weighted by Crippen LogP contribution is -2.57. The number of amidine groups is 2. The summed E-state index contributed by atoms with van der Waals surface area (Å²) in [6.07, 6.45) is 1.76. The summed E-state index contributed by atoms with van der Waals surface area (Å²) in [5, 5.41) is 17.8. The second-order valence-electron chi connectivity index (χ2n) is 15.2. The van der Waals surface area contributed by atoms with Gasteiger partial charge in [-0.1, -0.05) is 132 Å². The molecule has 0 fully saturated rings. The third kappa shape index (κ3) is 5.66. The quantitative estimate of drug-likeness (QED) is 0.116. The van der Waals surface area contributed by atoms with Gasteiger partial charge >= 0.3 is 0 Å². The van der Waals surface area contributed by atoms with E-state index in [1.165, 1.54) is 5.56 Å². The first-order chi connectivity index (χ1) is 29.8. The van der Waals surface area contributed by atoms with Gasteiger partial charge in [-0.15, -0.1) is 16.4 Å². The van der Waals surface area contributed by atoms with E-state index in [-0.39, 0.29) is 44.5 Å². The van der Waals surface area contributed by atoms with Crippen molar-refractivity contribution >= 4 is 156 Å². The fourth-order valence-electron chi connectivity index (χ4n) is 8.91. The highest BCUT2D eigenvalue weighted by Crippen LogP contribution is 2.53. The molecule has 2 heterocycles. The summed E-state index contributed by atoms with van der Waals surface area (Å²) < 4.78 is 6.30. The minimum absolute atomic E-state index is 0.0166. The van der Waals surface area contributed by atoms with Crippen molar-refractivity contribution in [2.45, 2.75) is 0 Å². The van der Waals surface area contributed by atoms with Crippen LogP contribution >= 0.6 is 0 Å². The molecule has 0 unspecified atom stereocenters. The predicted molar refractivity (Wildman–Crippen MR) is 261 cm³/mol. The molecule has 0 aliphatic carbocycles. The second-order valence-corrected chi connectivity index (χ2v) is 15.2. The Hall–Kier alpha value is -7.31. The summed E-state index contributed by atoms with van der Waals surface area (Å²) in [6.45, 7) is 0. The number of para-hydroxylation sites is 2. The largest absolute Gasteiger partial charge is 0.455 e. The van der Waals surface area contributed by atoms with Crippen LogP contribution in [-0.2, 0) is 0 Å². The maximum Gasteiger partial charge on any atom is 0.160 e. The summed E-state index contributed by atoms with van der Waals surface area (Å²) in [5.41, 5.74) is 8.11. The standard InChI is InChI=1S/C51H27B5N4O/c52-44-43(45(53)47(55)48(56)46(44)54)51(59-50(57)35-19-9-17-33-32-16-5-6-21-40(32)61-49(33)35)58-26-36-30-14-3-1-10-27(30)22-24-37(36)60-38-20-8-13-29-12-7-18-34(41(29)38)42-31-15-4-2-11-28(31)23-25-39(42)60/h1-26,57H. The molecule has 10 radical (unpaired) electrons. The van der Waals surface area contributed by atoms with Crippen LogP contribution in [0.15, 0.2) is 166 Å². The summed E-state index contributed by atoms with van der Waals surface area (Å²) in [5.74, 6) is -0.120. The highest BCUT2D eigenvalue weighted by molar-refractivity contribution is 6.68. The van der Waals surface area contributed by atoms with Gasteiger partial charge in [0.2, 0.25) is 0 Å². The monoisotopic (exact) mass is 766 g/mol. The van der Waals surface area contributed by atoms with Gasteiger partial charge in [0.25, 0.3) is 0 Å². The Morgan fingerprint density at radius 2 is 1.11 bits per heavy atom. The van der Waals surface area contributed by atoms with Gasteiger partial charge in [0.1, 0.15) is 50.4 Å². The van der Waals surface area contributed by atoms with E-state index in [2.05, 4.69) is 102 Å². The van der Waals surface area contributed by atoms with E-state index in [0.717, 1.165) is 71.3 Å². The smallest absolute Gasteiger partial charge is 0.160 e. The number of furan rings is 1. The Morgan fingerprint density at radius 1 is 0.525 bits per heavy atom. The van der Waals surface area contributed by atoms with Gasteiger partial charge in [0.15, 0.2) is 11.7 Å². The fraction of sp³-hybridized carbons (Fsp3) is 0. The molecule has 272 valence electrons. The predicted octanol–water partition coefficient (Wildman–Crippen LogP) is 7.36. The minimum atomic E-state index is -0.136. The zero-order valence-electron chi connectivity index (χ0n) is 32.6. The van der Waals surface area contributed by atoms with Crippen molar-refractivity contribution in [3.05, 3.63) is 168 Å². The molecule has 1 aliphatic heterocycles. The Kier molecular flexibility index (Phi) is 8.54. The molecule has 10 aromatic rings. The molecule has 9 aromatic carbocycles. The van der Waals surface area contributed by atoms with Gasteiger partial charge in [-0.2, -0.15) is 0 Å². The highest BCUT2D eigenvalue weighted by Gasteiger charge is 2.29. The van der Waals surface area contributed by atoms with E-state index in [1.807, 2.05) is 48.5 Å². The Balaban J connectivity index is 1.17. The number of fused-ring (bicyclic) bond motifs is 8. The van der Waals surface area contributed by atoms with Crippen molar-refractivity contribution in [2.24, 2.45) is 9.98 Å². The zero-order chi connectivity index (χ0) is 41.5. The van der Waals surface area contributed by atoms with E-state index in [9.17, 15) is 5.41 Å². The number of nitrogens with one attached hydrogen (secondary N) is 1. The van der Waals surface area contributed by atoms with E-state index >= 15 is 0 Å². The number of anilines is 3. The Labute approximate surface area is 358 Å². The molecule has 0 atom stereocenters. The fourth-order valence-corrected chi connectivity index (χ4v) is 8.91. The lowest BCUT2D eigenvalue weighted by molar-refractivity contribution is 0.668. The second kappa shape index (κ2) is 14.2. The lowest BCUT2D eigenvalue weighted by Gasteiger charge is -2.35. The van der Waals surface area contributed by atoms with Gasteiger partial charge < -0.3 is 9.32 Å². The van der Waals surface area contributed by atoms with Crippen LogP contribution in [0.5, 0.6) is 0 Å². The van der Waals surface area contributed by atoms with Crippen molar-refractivity contribution in [3.8, 4) is 11.1 Å². The van der Waals surface area contributed by atoms with Crippen LogP contribution in [0.1, 0.15) is 16.7 Å².